The van der Waals surface area contributed by atoms with Gasteiger partial charge in [-0.2, -0.15) is 11.8 Å². The number of nitro groups is 1. The van der Waals surface area contributed by atoms with Crippen LogP contribution < -0.4 is 4.74 Å². The normalized spacial score (nSPS) is 12.2. The van der Waals surface area contributed by atoms with Gasteiger partial charge in [0.2, 0.25) is 0 Å². The van der Waals surface area contributed by atoms with E-state index in [1.807, 2.05) is 6.26 Å². The first-order valence-electron chi connectivity index (χ1n) is 5.14. The van der Waals surface area contributed by atoms with Gasteiger partial charge in [0.15, 0.2) is 0 Å². The molecule has 0 amide bonds. The van der Waals surface area contributed by atoms with Crippen molar-refractivity contribution in [1.82, 2.24) is 0 Å². The van der Waals surface area contributed by atoms with Gasteiger partial charge in [0.05, 0.1) is 17.6 Å². The minimum Gasteiger partial charge on any atom is -0.492 e. The second kappa shape index (κ2) is 6.46. The summed E-state index contributed by atoms with van der Waals surface area (Å²) in [6, 6.07) is 4.25. The van der Waals surface area contributed by atoms with Crippen molar-refractivity contribution in [3.8, 4) is 5.75 Å². The largest absolute Gasteiger partial charge is 0.492 e. The van der Waals surface area contributed by atoms with Gasteiger partial charge in [-0.05, 0) is 19.2 Å². The summed E-state index contributed by atoms with van der Waals surface area (Å²) >= 11 is 1.65. The molecule has 0 radical (unpaired) electrons. The number of hydrogen-bond donors (Lipinski definition) is 1. The molecule has 1 atom stereocenters. The van der Waals surface area contributed by atoms with Gasteiger partial charge >= 0.3 is 0 Å². The fourth-order valence-electron chi connectivity index (χ4n) is 1.34. The molecule has 0 aliphatic heterocycles. The van der Waals surface area contributed by atoms with Crippen molar-refractivity contribution in [3.05, 3.63) is 33.9 Å². The summed E-state index contributed by atoms with van der Waals surface area (Å²) in [6.07, 6.45) is 1.17. The summed E-state index contributed by atoms with van der Waals surface area (Å²) in [5, 5.41) is 20.2. The number of rotatable bonds is 6. The highest BCUT2D eigenvalue weighted by Crippen LogP contribution is 2.29. The van der Waals surface area contributed by atoms with E-state index in [1.165, 1.54) is 18.2 Å². The molecule has 0 fully saturated rings. The maximum Gasteiger partial charge on any atom is 0.270 e. The van der Waals surface area contributed by atoms with E-state index in [0.29, 0.717) is 17.9 Å². The molecular formula is C11H15NO4S. The summed E-state index contributed by atoms with van der Waals surface area (Å²) < 4.78 is 5.47. The minimum atomic E-state index is -0.792. The Labute approximate surface area is 104 Å². The van der Waals surface area contributed by atoms with Crippen LogP contribution in [0.2, 0.25) is 0 Å². The summed E-state index contributed by atoms with van der Waals surface area (Å²) in [5.41, 5.74) is 0.401. The zero-order valence-corrected chi connectivity index (χ0v) is 10.6. The average Bonchev–Trinajstić information content (AvgIpc) is 2.29. The first-order chi connectivity index (χ1) is 8.06. The molecule has 0 unspecified atom stereocenters. The van der Waals surface area contributed by atoms with Crippen LogP contribution in [0, 0.1) is 10.1 Å². The van der Waals surface area contributed by atoms with Crippen LogP contribution in [0.1, 0.15) is 18.6 Å². The predicted molar refractivity (Wildman–Crippen MR) is 67.6 cm³/mol. The van der Waals surface area contributed by atoms with E-state index < -0.39 is 11.0 Å². The van der Waals surface area contributed by atoms with E-state index in [2.05, 4.69) is 0 Å². The van der Waals surface area contributed by atoms with Crippen LogP contribution in [0.25, 0.3) is 0 Å². The Morgan fingerprint density at radius 3 is 2.82 bits per heavy atom. The molecule has 0 heterocycles. The smallest absolute Gasteiger partial charge is 0.270 e. The van der Waals surface area contributed by atoms with Crippen LogP contribution in [0.3, 0.4) is 0 Å². The number of aliphatic hydroxyl groups excluding tert-OH is 1. The van der Waals surface area contributed by atoms with Gasteiger partial charge in [-0.1, -0.05) is 0 Å². The Morgan fingerprint density at radius 2 is 2.29 bits per heavy atom. The summed E-state index contributed by atoms with van der Waals surface area (Å²) in [6.45, 7) is 2.07. The van der Waals surface area contributed by atoms with Crippen LogP contribution >= 0.6 is 11.8 Å². The molecule has 0 aliphatic carbocycles. The predicted octanol–water partition coefficient (Wildman–Crippen LogP) is 2.39. The molecule has 0 aromatic heterocycles. The van der Waals surface area contributed by atoms with Gasteiger partial charge in [-0.15, -0.1) is 0 Å². The van der Waals surface area contributed by atoms with Gasteiger partial charge in [0.1, 0.15) is 5.75 Å². The molecule has 1 rings (SSSR count). The Bertz CT molecular complexity index is 395. The van der Waals surface area contributed by atoms with Gasteiger partial charge in [-0.3, -0.25) is 10.1 Å². The first kappa shape index (κ1) is 13.8. The molecule has 0 saturated carbocycles. The lowest BCUT2D eigenvalue weighted by molar-refractivity contribution is -0.385. The zero-order chi connectivity index (χ0) is 12.8. The maximum absolute atomic E-state index is 10.6. The molecular weight excluding hydrogens is 242 g/mol. The Morgan fingerprint density at radius 1 is 1.59 bits per heavy atom. The van der Waals surface area contributed by atoms with Gasteiger partial charge in [0, 0.05) is 23.4 Å². The third-order valence-corrected chi connectivity index (χ3v) is 2.77. The second-order valence-corrected chi connectivity index (χ2v) is 4.48. The summed E-state index contributed by atoms with van der Waals surface area (Å²) in [5.74, 6) is 1.33. The van der Waals surface area contributed by atoms with Crippen molar-refractivity contribution >= 4 is 17.4 Å². The monoisotopic (exact) mass is 257 g/mol. The number of benzene rings is 1. The molecule has 1 aromatic rings. The molecule has 0 bridgehead atoms. The van der Waals surface area contributed by atoms with E-state index in [0.717, 1.165) is 5.75 Å². The number of nitro benzene ring substituents is 1. The lowest BCUT2D eigenvalue weighted by Gasteiger charge is -2.12. The van der Waals surface area contributed by atoms with Crippen molar-refractivity contribution < 1.29 is 14.8 Å². The van der Waals surface area contributed by atoms with Crippen LogP contribution in [-0.2, 0) is 0 Å². The van der Waals surface area contributed by atoms with Crippen LogP contribution in [-0.4, -0.2) is 28.6 Å². The highest BCUT2D eigenvalue weighted by Gasteiger charge is 2.15. The number of ether oxygens (including phenoxy) is 1. The molecule has 1 aromatic carbocycles. The molecule has 0 spiro atoms. The number of nitrogens with zero attached hydrogens (tertiary/aromatic N) is 1. The van der Waals surface area contributed by atoms with E-state index >= 15 is 0 Å². The topological polar surface area (TPSA) is 72.6 Å². The Hall–Kier alpha value is -1.27. The fourth-order valence-corrected chi connectivity index (χ4v) is 1.59. The van der Waals surface area contributed by atoms with Crippen molar-refractivity contribution in [3.63, 3.8) is 0 Å². The van der Waals surface area contributed by atoms with Crippen LogP contribution in [0.15, 0.2) is 18.2 Å². The standard InChI is InChI=1S/C11H15NO4S/c1-8(13)10-7-9(12(14)15)3-4-11(10)16-5-6-17-2/h3-4,7-8,13H,5-6H2,1-2H3/t8-/m1/s1. The molecule has 1 N–H and O–H groups in total. The number of non-ortho nitro benzene ring substituents is 1. The van der Waals surface area contributed by atoms with Crippen LogP contribution in [0.5, 0.6) is 5.75 Å². The molecule has 6 heteroatoms. The van der Waals surface area contributed by atoms with E-state index in [4.69, 9.17) is 4.74 Å². The molecule has 0 saturated heterocycles. The fraction of sp³-hybridized carbons (Fsp3) is 0.455. The van der Waals surface area contributed by atoms with Crippen molar-refractivity contribution in [2.75, 3.05) is 18.6 Å². The van der Waals surface area contributed by atoms with Crippen molar-refractivity contribution in [2.24, 2.45) is 0 Å². The minimum absolute atomic E-state index is 0.0434. The highest BCUT2D eigenvalue weighted by atomic mass is 32.2. The molecule has 0 aliphatic rings. The maximum atomic E-state index is 10.6. The Balaban J connectivity index is 2.92. The van der Waals surface area contributed by atoms with Gasteiger partial charge in [-0.25, -0.2) is 0 Å². The number of hydrogen-bond acceptors (Lipinski definition) is 5. The number of aliphatic hydroxyl groups is 1. The van der Waals surface area contributed by atoms with E-state index in [1.54, 1.807) is 18.7 Å². The summed E-state index contributed by atoms with van der Waals surface area (Å²) in [4.78, 5) is 10.1. The molecule has 94 valence electrons. The van der Waals surface area contributed by atoms with Gasteiger partial charge in [0.25, 0.3) is 5.69 Å². The first-order valence-corrected chi connectivity index (χ1v) is 6.53. The quantitative estimate of drug-likeness (QED) is 0.481. The molecule has 17 heavy (non-hydrogen) atoms. The van der Waals surface area contributed by atoms with Crippen LogP contribution in [0.4, 0.5) is 5.69 Å². The lowest BCUT2D eigenvalue weighted by atomic mass is 10.1. The van der Waals surface area contributed by atoms with E-state index in [9.17, 15) is 15.2 Å². The summed E-state index contributed by atoms with van der Waals surface area (Å²) in [7, 11) is 0. The average molecular weight is 257 g/mol. The number of thioether (sulfide) groups is 1. The zero-order valence-electron chi connectivity index (χ0n) is 9.75. The third-order valence-electron chi connectivity index (χ3n) is 2.20. The van der Waals surface area contributed by atoms with Crippen molar-refractivity contribution in [2.45, 2.75) is 13.0 Å². The van der Waals surface area contributed by atoms with Crippen molar-refractivity contribution in [1.29, 1.82) is 0 Å². The van der Waals surface area contributed by atoms with Gasteiger partial charge < -0.3 is 9.84 Å². The third kappa shape index (κ3) is 3.90. The highest BCUT2D eigenvalue weighted by molar-refractivity contribution is 7.98. The molecule has 5 nitrogen and oxygen atoms in total. The second-order valence-electron chi connectivity index (χ2n) is 3.50. The SMILES string of the molecule is CSCCOc1ccc([N+](=O)[O-])cc1[C@@H](C)O. The Kier molecular flexibility index (Phi) is 5.24. The lowest BCUT2D eigenvalue weighted by Crippen LogP contribution is -2.04. The van der Waals surface area contributed by atoms with E-state index in [-0.39, 0.29) is 5.69 Å².